The lowest BCUT2D eigenvalue weighted by atomic mass is 9.95. The molecule has 4 heteroatoms. The number of nitrogens with zero attached hydrogens (tertiary/aromatic N) is 3. The highest BCUT2D eigenvalue weighted by Crippen LogP contribution is 2.31. The standard InChI is InChI=1S/C42H46FN3/c1-28-18-37(19-29(2)32(28)5)36-9-7-8-34(22-36)27-46(41-12-10-40(43)11-13-41)42-14-16-45(17-15-42)26-35-23-39(25-44-24-35)38-20-30(3)33(6)31(4)21-38/h7-13,18-25,42H,14-17,26-27H2,1-6H3. The molecule has 0 amide bonds. The average molecular weight is 612 g/mol. The second-order valence-electron chi connectivity index (χ2n) is 13.4. The van der Waals surface area contributed by atoms with Crippen LogP contribution in [0.2, 0.25) is 0 Å². The van der Waals surface area contributed by atoms with Crippen molar-refractivity contribution in [2.45, 2.75) is 73.5 Å². The molecule has 0 aliphatic carbocycles. The van der Waals surface area contributed by atoms with E-state index in [0.29, 0.717) is 6.04 Å². The molecule has 4 aromatic carbocycles. The van der Waals surface area contributed by atoms with Gasteiger partial charge in [0.05, 0.1) is 0 Å². The van der Waals surface area contributed by atoms with Gasteiger partial charge in [-0.15, -0.1) is 0 Å². The number of pyridine rings is 1. The second kappa shape index (κ2) is 13.6. The molecule has 6 rings (SSSR count). The molecule has 5 aromatic rings. The second-order valence-corrected chi connectivity index (χ2v) is 13.4. The number of halogens is 1. The van der Waals surface area contributed by atoms with Crippen molar-refractivity contribution >= 4 is 5.69 Å². The highest BCUT2D eigenvalue weighted by Gasteiger charge is 2.26. The highest BCUT2D eigenvalue weighted by molar-refractivity contribution is 5.68. The molecular formula is C42H46FN3. The topological polar surface area (TPSA) is 19.4 Å². The molecule has 1 saturated heterocycles. The first-order chi connectivity index (χ1) is 22.1. The fourth-order valence-electron chi connectivity index (χ4n) is 6.89. The fraction of sp³-hybridized carbons (Fsp3) is 0.310. The third-order valence-electron chi connectivity index (χ3n) is 10.2. The third kappa shape index (κ3) is 7.08. The van der Waals surface area contributed by atoms with Crippen LogP contribution in [0.25, 0.3) is 22.3 Å². The van der Waals surface area contributed by atoms with Crippen LogP contribution in [0.4, 0.5) is 10.1 Å². The van der Waals surface area contributed by atoms with E-state index < -0.39 is 0 Å². The van der Waals surface area contributed by atoms with Gasteiger partial charge in [-0.3, -0.25) is 9.88 Å². The van der Waals surface area contributed by atoms with Crippen LogP contribution in [0.5, 0.6) is 0 Å². The van der Waals surface area contributed by atoms with Crippen molar-refractivity contribution in [2.75, 3.05) is 18.0 Å². The smallest absolute Gasteiger partial charge is 0.123 e. The van der Waals surface area contributed by atoms with Gasteiger partial charge in [0.25, 0.3) is 0 Å². The van der Waals surface area contributed by atoms with Crippen molar-refractivity contribution in [3.63, 3.8) is 0 Å². The first kappa shape index (κ1) is 31.7. The Morgan fingerprint density at radius 2 is 1.22 bits per heavy atom. The number of hydrogen-bond acceptors (Lipinski definition) is 3. The molecule has 0 atom stereocenters. The van der Waals surface area contributed by atoms with E-state index in [0.717, 1.165) is 44.7 Å². The van der Waals surface area contributed by atoms with Gasteiger partial charge < -0.3 is 4.90 Å². The highest BCUT2D eigenvalue weighted by atomic mass is 19.1. The van der Waals surface area contributed by atoms with Crippen LogP contribution in [0.15, 0.2) is 91.3 Å². The van der Waals surface area contributed by atoms with Crippen LogP contribution in [0.1, 0.15) is 57.3 Å². The number of benzene rings is 4. The van der Waals surface area contributed by atoms with Crippen molar-refractivity contribution in [2.24, 2.45) is 0 Å². The molecule has 236 valence electrons. The monoisotopic (exact) mass is 611 g/mol. The van der Waals surface area contributed by atoms with Gasteiger partial charge in [-0.25, -0.2) is 4.39 Å². The minimum Gasteiger partial charge on any atom is -0.364 e. The van der Waals surface area contributed by atoms with Crippen LogP contribution in [-0.2, 0) is 13.1 Å². The van der Waals surface area contributed by atoms with Crippen LogP contribution in [0.3, 0.4) is 0 Å². The minimum atomic E-state index is -0.197. The lowest BCUT2D eigenvalue weighted by Gasteiger charge is -2.40. The average Bonchev–Trinajstić information content (AvgIpc) is 3.06. The molecule has 1 aliphatic rings. The van der Waals surface area contributed by atoms with Gasteiger partial charge in [0.15, 0.2) is 0 Å². The van der Waals surface area contributed by atoms with E-state index >= 15 is 0 Å². The predicted octanol–water partition coefficient (Wildman–Crippen LogP) is 10.1. The minimum absolute atomic E-state index is 0.197. The molecule has 0 bridgehead atoms. The van der Waals surface area contributed by atoms with Gasteiger partial charge in [0.1, 0.15) is 5.82 Å². The number of rotatable bonds is 8. The van der Waals surface area contributed by atoms with Crippen molar-refractivity contribution in [3.8, 4) is 22.3 Å². The van der Waals surface area contributed by atoms with E-state index in [1.54, 1.807) is 12.1 Å². The van der Waals surface area contributed by atoms with E-state index in [4.69, 9.17) is 0 Å². The van der Waals surface area contributed by atoms with Gasteiger partial charge in [-0.1, -0.05) is 42.5 Å². The zero-order valence-electron chi connectivity index (χ0n) is 28.2. The lowest BCUT2D eigenvalue weighted by molar-refractivity contribution is 0.200. The number of anilines is 1. The Balaban J connectivity index is 1.17. The molecular weight excluding hydrogens is 565 g/mol. The lowest BCUT2D eigenvalue weighted by Crippen LogP contribution is -2.44. The molecule has 0 spiro atoms. The largest absolute Gasteiger partial charge is 0.364 e. The van der Waals surface area contributed by atoms with Crippen LogP contribution >= 0.6 is 0 Å². The van der Waals surface area contributed by atoms with E-state index in [1.165, 1.54) is 66.8 Å². The zero-order chi connectivity index (χ0) is 32.4. The molecule has 2 heterocycles. The van der Waals surface area contributed by atoms with Crippen LogP contribution < -0.4 is 4.90 Å². The van der Waals surface area contributed by atoms with Gasteiger partial charge in [-0.05, 0) is 152 Å². The third-order valence-corrected chi connectivity index (χ3v) is 10.2. The first-order valence-corrected chi connectivity index (χ1v) is 16.6. The van der Waals surface area contributed by atoms with Crippen molar-refractivity contribution in [3.05, 3.63) is 142 Å². The Kier molecular flexibility index (Phi) is 9.37. The van der Waals surface area contributed by atoms with E-state index in [-0.39, 0.29) is 5.82 Å². The summed E-state index contributed by atoms with van der Waals surface area (Å²) in [5, 5.41) is 0. The van der Waals surface area contributed by atoms with E-state index in [1.807, 2.05) is 24.5 Å². The normalized spacial score (nSPS) is 14.1. The summed E-state index contributed by atoms with van der Waals surface area (Å²) in [7, 11) is 0. The van der Waals surface area contributed by atoms with Gasteiger partial charge >= 0.3 is 0 Å². The molecule has 3 nitrogen and oxygen atoms in total. The molecule has 1 aromatic heterocycles. The molecule has 0 radical (unpaired) electrons. The summed E-state index contributed by atoms with van der Waals surface area (Å²) in [6.45, 7) is 16.8. The maximum absolute atomic E-state index is 14.0. The maximum atomic E-state index is 14.0. The van der Waals surface area contributed by atoms with Crippen molar-refractivity contribution < 1.29 is 4.39 Å². The summed E-state index contributed by atoms with van der Waals surface area (Å²) in [6.07, 6.45) is 6.10. The summed E-state index contributed by atoms with van der Waals surface area (Å²) in [5.41, 5.74) is 16.5. The number of piperidine rings is 1. The van der Waals surface area contributed by atoms with Gasteiger partial charge in [0, 0.05) is 55.9 Å². The first-order valence-electron chi connectivity index (χ1n) is 16.6. The van der Waals surface area contributed by atoms with E-state index in [2.05, 4.69) is 111 Å². The van der Waals surface area contributed by atoms with Gasteiger partial charge in [-0.2, -0.15) is 0 Å². The summed E-state index contributed by atoms with van der Waals surface area (Å²) in [4.78, 5) is 9.66. The fourth-order valence-corrected chi connectivity index (χ4v) is 6.89. The van der Waals surface area contributed by atoms with Gasteiger partial charge in [0.2, 0.25) is 0 Å². The van der Waals surface area contributed by atoms with Crippen molar-refractivity contribution in [1.29, 1.82) is 0 Å². The van der Waals surface area contributed by atoms with Crippen LogP contribution in [0, 0.1) is 47.4 Å². The SMILES string of the molecule is Cc1cc(-c2cncc(CN3CCC(N(Cc4cccc(-c5cc(C)c(C)c(C)c5)c4)c4ccc(F)cc4)CC3)c2)cc(C)c1C. The molecule has 0 unspecified atom stereocenters. The summed E-state index contributed by atoms with van der Waals surface area (Å²) in [5.74, 6) is -0.197. The Bertz CT molecular complexity index is 1790. The Morgan fingerprint density at radius 1 is 0.652 bits per heavy atom. The number of aryl methyl sites for hydroxylation is 4. The van der Waals surface area contributed by atoms with Crippen LogP contribution in [-0.4, -0.2) is 29.0 Å². The maximum Gasteiger partial charge on any atom is 0.123 e. The quantitative estimate of drug-likeness (QED) is 0.174. The summed E-state index contributed by atoms with van der Waals surface area (Å²) < 4.78 is 14.0. The number of likely N-dealkylation sites (tertiary alicyclic amines) is 1. The van der Waals surface area contributed by atoms with Crippen molar-refractivity contribution in [1.82, 2.24) is 9.88 Å². The Labute approximate surface area is 274 Å². The molecule has 0 saturated carbocycles. The Hall–Kier alpha value is -4.28. The zero-order valence-corrected chi connectivity index (χ0v) is 28.2. The molecule has 1 aliphatic heterocycles. The predicted molar refractivity (Wildman–Crippen MR) is 191 cm³/mol. The Morgan fingerprint density at radius 3 is 1.83 bits per heavy atom. The summed E-state index contributed by atoms with van der Waals surface area (Å²) in [6, 6.07) is 27.8. The molecule has 1 fully saturated rings. The molecule has 46 heavy (non-hydrogen) atoms. The summed E-state index contributed by atoms with van der Waals surface area (Å²) >= 11 is 0. The van der Waals surface area contributed by atoms with E-state index in [9.17, 15) is 4.39 Å². The number of aromatic nitrogens is 1. The molecule has 0 N–H and O–H groups in total. The number of hydrogen-bond donors (Lipinski definition) is 0.